The van der Waals surface area contributed by atoms with Gasteiger partial charge in [-0.1, -0.05) is 12.1 Å². The van der Waals surface area contributed by atoms with Crippen molar-refractivity contribution in [2.75, 3.05) is 5.32 Å². The number of rotatable bonds is 5. The van der Waals surface area contributed by atoms with E-state index in [1.54, 1.807) is 31.2 Å². The molecule has 0 fully saturated rings. The first-order chi connectivity index (χ1) is 8.88. The molecule has 0 spiro atoms. The summed E-state index contributed by atoms with van der Waals surface area (Å²) in [6.07, 6.45) is -0.560. The molecular formula is C13H16N2O4. The summed E-state index contributed by atoms with van der Waals surface area (Å²) in [5.41, 5.74) is 1.41. The van der Waals surface area contributed by atoms with Crippen LogP contribution in [-0.2, 0) is 14.4 Å². The van der Waals surface area contributed by atoms with Crippen LogP contribution >= 0.6 is 0 Å². The van der Waals surface area contributed by atoms with Crippen molar-refractivity contribution in [3.05, 3.63) is 29.8 Å². The van der Waals surface area contributed by atoms with E-state index in [-0.39, 0.29) is 11.9 Å². The van der Waals surface area contributed by atoms with Crippen molar-refractivity contribution in [2.45, 2.75) is 26.3 Å². The van der Waals surface area contributed by atoms with Gasteiger partial charge >= 0.3 is 5.97 Å². The van der Waals surface area contributed by atoms with Gasteiger partial charge in [0.15, 0.2) is 0 Å². The highest BCUT2D eigenvalue weighted by atomic mass is 16.4. The van der Waals surface area contributed by atoms with Gasteiger partial charge in [0.25, 0.3) is 0 Å². The first-order valence-corrected chi connectivity index (χ1v) is 5.77. The lowest BCUT2D eigenvalue weighted by Gasteiger charge is -2.14. The fourth-order valence-electron chi connectivity index (χ4n) is 1.60. The monoisotopic (exact) mass is 264 g/mol. The number of carboxylic acid groups (broad SMARTS) is 1. The lowest BCUT2D eigenvalue weighted by Crippen LogP contribution is -2.28. The molecule has 19 heavy (non-hydrogen) atoms. The molecule has 0 aliphatic carbocycles. The summed E-state index contributed by atoms with van der Waals surface area (Å²) in [7, 11) is 0. The first kappa shape index (κ1) is 14.7. The summed E-state index contributed by atoms with van der Waals surface area (Å²) in [6.45, 7) is 3.15. The van der Waals surface area contributed by atoms with Crippen LogP contribution < -0.4 is 10.6 Å². The minimum Gasteiger partial charge on any atom is -0.481 e. The number of carbonyl (C=O) groups excluding carboxylic acids is 2. The van der Waals surface area contributed by atoms with Crippen LogP contribution in [0.5, 0.6) is 0 Å². The second-order valence-electron chi connectivity index (χ2n) is 4.17. The zero-order valence-corrected chi connectivity index (χ0v) is 10.8. The molecule has 0 saturated carbocycles. The van der Waals surface area contributed by atoms with E-state index in [2.05, 4.69) is 10.6 Å². The Labute approximate surface area is 110 Å². The van der Waals surface area contributed by atoms with Crippen molar-refractivity contribution in [2.24, 2.45) is 0 Å². The number of hydrogen-bond acceptors (Lipinski definition) is 3. The molecule has 6 nitrogen and oxygen atoms in total. The number of amides is 2. The molecule has 102 valence electrons. The lowest BCUT2D eigenvalue weighted by atomic mass is 10.1. The highest BCUT2D eigenvalue weighted by Crippen LogP contribution is 2.17. The van der Waals surface area contributed by atoms with Crippen molar-refractivity contribution in [1.82, 2.24) is 5.32 Å². The van der Waals surface area contributed by atoms with Crippen LogP contribution in [0, 0.1) is 0 Å². The van der Waals surface area contributed by atoms with E-state index in [9.17, 15) is 14.4 Å². The van der Waals surface area contributed by atoms with E-state index in [0.717, 1.165) is 5.56 Å². The summed E-state index contributed by atoms with van der Waals surface area (Å²) in [4.78, 5) is 32.7. The van der Waals surface area contributed by atoms with Crippen LogP contribution in [0.1, 0.15) is 31.9 Å². The molecule has 6 heteroatoms. The maximum Gasteiger partial charge on any atom is 0.312 e. The number of anilines is 1. The van der Waals surface area contributed by atoms with Gasteiger partial charge in [-0.25, -0.2) is 0 Å². The first-order valence-electron chi connectivity index (χ1n) is 5.77. The highest BCUT2D eigenvalue weighted by Gasteiger charge is 2.12. The molecule has 0 radical (unpaired) electrons. The molecular weight excluding hydrogens is 248 g/mol. The molecule has 1 aromatic rings. The van der Waals surface area contributed by atoms with Crippen LogP contribution in [0.2, 0.25) is 0 Å². The molecule has 0 aliphatic rings. The topological polar surface area (TPSA) is 95.5 Å². The van der Waals surface area contributed by atoms with Crippen molar-refractivity contribution in [3.63, 3.8) is 0 Å². The number of hydrogen-bond donors (Lipinski definition) is 3. The van der Waals surface area contributed by atoms with Crippen LogP contribution in [0.15, 0.2) is 24.3 Å². The Morgan fingerprint density at radius 2 is 2.00 bits per heavy atom. The standard InChI is InChI=1S/C13H16N2O4/c1-8(14-12(17)7-13(18)19)10-4-3-5-11(6-10)15-9(2)16/h3-6,8H,7H2,1-2H3,(H,14,17)(H,15,16)(H,18,19). The Balaban J connectivity index is 2.71. The van der Waals surface area contributed by atoms with Crippen LogP contribution in [0.25, 0.3) is 0 Å². The van der Waals surface area contributed by atoms with Gasteiger partial charge in [-0.05, 0) is 24.6 Å². The Morgan fingerprint density at radius 3 is 2.58 bits per heavy atom. The van der Waals surface area contributed by atoms with E-state index in [1.165, 1.54) is 6.92 Å². The molecule has 0 aliphatic heterocycles. The van der Waals surface area contributed by atoms with E-state index in [1.807, 2.05) is 0 Å². The van der Waals surface area contributed by atoms with Crippen LogP contribution in [0.3, 0.4) is 0 Å². The minimum atomic E-state index is -1.17. The summed E-state index contributed by atoms with van der Waals surface area (Å²) in [6, 6.07) is 6.67. The normalized spacial score (nSPS) is 11.5. The largest absolute Gasteiger partial charge is 0.481 e. The second-order valence-corrected chi connectivity index (χ2v) is 4.17. The van der Waals surface area contributed by atoms with E-state index in [4.69, 9.17) is 5.11 Å². The molecule has 0 heterocycles. The fraction of sp³-hybridized carbons (Fsp3) is 0.308. The quantitative estimate of drug-likeness (QED) is 0.698. The van der Waals surface area contributed by atoms with Crippen LogP contribution in [-0.4, -0.2) is 22.9 Å². The average Bonchev–Trinajstić information content (AvgIpc) is 2.27. The number of benzene rings is 1. The molecule has 3 N–H and O–H groups in total. The molecule has 1 rings (SSSR count). The third-order valence-corrected chi connectivity index (χ3v) is 2.40. The van der Waals surface area contributed by atoms with Crippen molar-refractivity contribution >= 4 is 23.5 Å². The molecule has 0 aromatic heterocycles. The van der Waals surface area contributed by atoms with Gasteiger partial charge in [-0.15, -0.1) is 0 Å². The zero-order chi connectivity index (χ0) is 14.4. The fourth-order valence-corrected chi connectivity index (χ4v) is 1.60. The summed E-state index contributed by atoms with van der Waals surface area (Å²) in [5.74, 6) is -1.90. The van der Waals surface area contributed by atoms with Gasteiger partial charge < -0.3 is 15.7 Å². The predicted molar refractivity (Wildman–Crippen MR) is 69.6 cm³/mol. The van der Waals surface area contributed by atoms with Crippen molar-refractivity contribution in [1.29, 1.82) is 0 Å². The number of carboxylic acids is 1. The third-order valence-electron chi connectivity index (χ3n) is 2.40. The predicted octanol–water partition coefficient (Wildman–Crippen LogP) is 1.30. The number of carbonyl (C=O) groups is 3. The number of aliphatic carboxylic acids is 1. The van der Waals surface area contributed by atoms with Gasteiger partial charge in [0, 0.05) is 12.6 Å². The van der Waals surface area contributed by atoms with Gasteiger partial charge in [0.1, 0.15) is 6.42 Å². The third kappa shape index (κ3) is 5.20. The maximum atomic E-state index is 11.3. The minimum absolute atomic E-state index is 0.181. The molecule has 1 aromatic carbocycles. The zero-order valence-electron chi connectivity index (χ0n) is 10.8. The van der Waals surface area contributed by atoms with Gasteiger partial charge in [-0.3, -0.25) is 14.4 Å². The molecule has 0 saturated heterocycles. The molecule has 0 bridgehead atoms. The highest BCUT2D eigenvalue weighted by molar-refractivity contribution is 5.93. The van der Waals surface area contributed by atoms with Gasteiger partial charge in [-0.2, -0.15) is 0 Å². The van der Waals surface area contributed by atoms with Gasteiger partial charge in [0.2, 0.25) is 11.8 Å². The van der Waals surface area contributed by atoms with E-state index in [0.29, 0.717) is 5.69 Å². The van der Waals surface area contributed by atoms with Gasteiger partial charge in [0.05, 0.1) is 6.04 Å². The Morgan fingerprint density at radius 1 is 1.32 bits per heavy atom. The smallest absolute Gasteiger partial charge is 0.312 e. The Hall–Kier alpha value is -2.37. The average molecular weight is 264 g/mol. The van der Waals surface area contributed by atoms with E-state index < -0.39 is 18.3 Å². The molecule has 1 unspecified atom stereocenters. The van der Waals surface area contributed by atoms with Crippen molar-refractivity contribution in [3.8, 4) is 0 Å². The SMILES string of the molecule is CC(=O)Nc1cccc(C(C)NC(=O)CC(=O)O)c1. The molecule has 1 atom stereocenters. The van der Waals surface area contributed by atoms with Crippen molar-refractivity contribution < 1.29 is 19.5 Å². The van der Waals surface area contributed by atoms with Crippen LogP contribution in [0.4, 0.5) is 5.69 Å². The summed E-state index contributed by atoms with van der Waals surface area (Å²) >= 11 is 0. The number of nitrogens with one attached hydrogen (secondary N) is 2. The summed E-state index contributed by atoms with van der Waals surface area (Å²) < 4.78 is 0. The lowest BCUT2D eigenvalue weighted by molar-refractivity contribution is -0.140. The second kappa shape index (κ2) is 6.53. The Kier molecular flexibility index (Phi) is 5.05. The maximum absolute atomic E-state index is 11.3. The Bertz CT molecular complexity index is 499. The summed E-state index contributed by atoms with van der Waals surface area (Å²) in [5, 5.41) is 13.7. The molecule has 2 amide bonds. The van der Waals surface area contributed by atoms with E-state index >= 15 is 0 Å².